The molecule has 2 aromatic rings. The fraction of sp³-hybridized carbons (Fsp3) is 0. The lowest BCUT2D eigenvalue weighted by Gasteiger charge is -1.89. The highest BCUT2D eigenvalue weighted by Crippen LogP contribution is 2.16. The van der Waals surface area contributed by atoms with Crippen LogP contribution in [-0.2, 0) is 0 Å². The summed E-state index contributed by atoms with van der Waals surface area (Å²) < 4.78 is 9.71. The van der Waals surface area contributed by atoms with Crippen LogP contribution in [0.4, 0.5) is 0 Å². The molecule has 0 saturated heterocycles. The molecule has 0 N–H and O–H groups in total. The van der Waals surface area contributed by atoms with E-state index in [-0.39, 0.29) is 16.8 Å². The van der Waals surface area contributed by atoms with Gasteiger partial charge in [0.2, 0.25) is 5.78 Å². The first-order valence-corrected chi connectivity index (χ1v) is 3.97. The van der Waals surface area contributed by atoms with Crippen LogP contribution in [0.1, 0.15) is 16.1 Å². The third kappa shape index (κ3) is 1.51. The van der Waals surface area contributed by atoms with E-state index in [2.05, 4.69) is 0 Å². The van der Waals surface area contributed by atoms with Crippen LogP contribution in [0.3, 0.4) is 0 Å². The van der Waals surface area contributed by atoms with Gasteiger partial charge >= 0.3 is 0 Å². The Kier molecular flexibility index (Phi) is 1.94. The predicted molar refractivity (Wildman–Crippen MR) is 45.9 cm³/mol. The molecule has 0 amide bonds. The van der Waals surface area contributed by atoms with E-state index in [0.717, 1.165) is 0 Å². The zero-order valence-corrected chi connectivity index (χ0v) is 7.25. The van der Waals surface area contributed by atoms with Crippen molar-refractivity contribution >= 4 is 17.4 Å². The van der Waals surface area contributed by atoms with Crippen LogP contribution < -0.4 is 0 Å². The Morgan fingerprint density at radius 3 is 2.69 bits per heavy atom. The number of rotatable bonds is 2. The number of carbonyl (C=O) groups is 1. The van der Waals surface area contributed by atoms with Crippen molar-refractivity contribution in [2.45, 2.75) is 0 Å². The van der Waals surface area contributed by atoms with E-state index < -0.39 is 0 Å². The zero-order chi connectivity index (χ0) is 9.26. The topological polar surface area (TPSA) is 43.4 Å². The van der Waals surface area contributed by atoms with Gasteiger partial charge in [-0.25, -0.2) is 0 Å². The Bertz CT molecular complexity index is 414. The molecule has 2 aromatic heterocycles. The minimum Gasteiger partial charge on any atom is -0.472 e. The van der Waals surface area contributed by atoms with Crippen LogP contribution in [0.5, 0.6) is 0 Å². The van der Waals surface area contributed by atoms with Crippen LogP contribution in [0.15, 0.2) is 39.6 Å². The number of hydrogen-bond acceptors (Lipinski definition) is 3. The highest BCUT2D eigenvalue weighted by atomic mass is 35.5. The van der Waals surface area contributed by atoms with Crippen molar-refractivity contribution < 1.29 is 13.6 Å². The molecule has 0 atom stereocenters. The maximum absolute atomic E-state index is 11.5. The summed E-state index contributed by atoms with van der Waals surface area (Å²) in [5, 5.41) is 0.201. The van der Waals surface area contributed by atoms with Crippen molar-refractivity contribution in [3.63, 3.8) is 0 Å². The van der Waals surface area contributed by atoms with Gasteiger partial charge in [-0.05, 0) is 29.8 Å². The normalized spacial score (nSPS) is 10.2. The van der Waals surface area contributed by atoms with Gasteiger partial charge in [0.15, 0.2) is 11.0 Å². The third-order valence-electron chi connectivity index (χ3n) is 1.58. The van der Waals surface area contributed by atoms with Crippen molar-refractivity contribution in [3.8, 4) is 0 Å². The van der Waals surface area contributed by atoms with Gasteiger partial charge in [0.05, 0.1) is 11.8 Å². The molecule has 0 radical (unpaired) electrons. The molecule has 13 heavy (non-hydrogen) atoms. The summed E-state index contributed by atoms with van der Waals surface area (Å²) in [6.07, 6.45) is 2.79. The fourth-order valence-electron chi connectivity index (χ4n) is 0.972. The van der Waals surface area contributed by atoms with Crippen LogP contribution in [0.2, 0.25) is 5.22 Å². The van der Waals surface area contributed by atoms with E-state index >= 15 is 0 Å². The second kappa shape index (κ2) is 3.11. The second-order valence-corrected chi connectivity index (χ2v) is 2.82. The molecule has 4 heteroatoms. The third-order valence-corrected chi connectivity index (χ3v) is 1.78. The molecule has 0 unspecified atom stereocenters. The molecule has 0 spiro atoms. The van der Waals surface area contributed by atoms with Crippen LogP contribution in [-0.4, -0.2) is 5.78 Å². The average molecular weight is 197 g/mol. The molecule has 0 fully saturated rings. The van der Waals surface area contributed by atoms with Crippen molar-refractivity contribution in [1.82, 2.24) is 0 Å². The fourth-order valence-corrected chi connectivity index (χ4v) is 1.12. The summed E-state index contributed by atoms with van der Waals surface area (Å²) in [6, 6.07) is 4.62. The van der Waals surface area contributed by atoms with Crippen molar-refractivity contribution in [2.75, 3.05) is 0 Å². The van der Waals surface area contributed by atoms with Gasteiger partial charge in [0, 0.05) is 0 Å². The molecular weight excluding hydrogens is 192 g/mol. The van der Waals surface area contributed by atoms with E-state index in [4.69, 9.17) is 20.4 Å². The molecule has 0 aliphatic carbocycles. The first kappa shape index (κ1) is 8.13. The first-order chi connectivity index (χ1) is 6.27. The highest BCUT2D eigenvalue weighted by Gasteiger charge is 2.13. The van der Waals surface area contributed by atoms with Gasteiger partial charge in [-0.2, -0.15) is 0 Å². The van der Waals surface area contributed by atoms with Gasteiger partial charge in [0.1, 0.15) is 6.26 Å². The smallest absolute Gasteiger partial charge is 0.231 e. The largest absolute Gasteiger partial charge is 0.472 e. The summed E-state index contributed by atoms with van der Waals surface area (Å²) in [6.45, 7) is 0. The summed E-state index contributed by atoms with van der Waals surface area (Å²) in [7, 11) is 0. The van der Waals surface area contributed by atoms with Gasteiger partial charge in [0.25, 0.3) is 0 Å². The van der Waals surface area contributed by atoms with Crippen molar-refractivity contribution in [1.29, 1.82) is 0 Å². The van der Waals surface area contributed by atoms with E-state index in [1.54, 1.807) is 6.07 Å². The number of hydrogen-bond donors (Lipinski definition) is 0. The van der Waals surface area contributed by atoms with Crippen molar-refractivity contribution in [3.05, 3.63) is 47.3 Å². The maximum Gasteiger partial charge on any atom is 0.231 e. The highest BCUT2D eigenvalue weighted by molar-refractivity contribution is 6.29. The summed E-state index contributed by atoms with van der Waals surface area (Å²) in [5.74, 6) is -0.0212. The van der Waals surface area contributed by atoms with Crippen molar-refractivity contribution in [2.24, 2.45) is 0 Å². The molecule has 0 aromatic carbocycles. The average Bonchev–Trinajstić information content (AvgIpc) is 2.72. The SMILES string of the molecule is O=C(c1ccoc1)c1ccc(Cl)o1. The molecule has 2 rings (SSSR count). The lowest BCUT2D eigenvalue weighted by molar-refractivity contribution is 0.101. The van der Waals surface area contributed by atoms with E-state index in [1.807, 2.05) is 0 Å². The van der Waals surface area contributed by atoms with Gasteiger partial charge < -0.3 is 8.83 Å². The number of halogens is 1. The van der Waals surface area contributed by atoms with E-state index in [0.29, 0.717) is 5.56 Å². The van der Waals surface area contributed by atoms with E-state index in [1.165, 1.54) is 24.7 Å². The van der Waals surface area contributed by atoms with Crippen LogP contribution >= 0.6 is 11.6 Å². The Hall–Kier alpha value is -1.48. The van der Waals surface area contributed by atoms with Crippen LogP contribution in [0.25, 0.3) is 0 Å². The standard InChI is InChI=1S/C9H5ClO3/c10-8-2-1-7(13-8)9(11)6-3-4-12-5-6/h1-5H. The molecule has 0 bridgehead atoms. The monoisotopic (exact) mass is 196 g/mol. The summed E-state index contributed by atoms with van der Waals surface area (Å²) >= 11 is 5.52. The maximum atomic E-state index is 11.5. The lowest BCUT2D eigenvalue weighted by Crippen LogP contribution is -1.96. The molecule has 66 valence electrons. The van der Waals surface area contributed by atoms with Gasteiger partial charge in [-0.1, -0.05) is 0 Å². The first-order valence-electron chi connectivity index (χ1n) is 3.59. The predicted octanol–water partition coefficient (Wildman–Crippen LogP) is 2.76. The minimum atomic E-state index is -0.236. The molecule has 0 aliphatic rings. The molecule has 0 aliphatic heterocycles. The molecule has 0 saturated carbocycles. The van der Waals surface area contributed by atoms with Gasteiger partial charge in [-0.3, -0.25) is 4.79 Å². The second-order valence-electron chi connectivity index (χ2n) is 2.44. The van der Waals surface area contributed by atoms with E-state index in [9.17, 15) is 4.79 Å². The summed E-state index contributed by atoms with van der Waals surface area (Å²) in [4.78, 5) is 11.5. The zero-order valence-electron chi connectivity index (χ0n) is 6.49. The Labute approximate surface area is 78.9 Å². The molecule has 2 heterocycles. The molecular formula is C9H5ClO3. The number of furan rings is 2. The Morgan fingerprint density at radius 2 is 2.15 bits per heavy atom. The van der Waals surface area contributed by atoms with Crippen LogP contribution in [0, 0.1) is 0 Å². The molecule has 3 nitrogen and oxygen atoms in total. The summed E-state index contributed by atoms with van der Waals surface area (Å²) in [5.41, 5.74) is 0.450. The Morgan fingerprint density at radius 1 is 1.31 bits per heavy atom. The number of carbonyl (C=O) groups excluding carboxylic acids is 1. The van der Waals surface area contributed by atoms with Gasteiger partial charge in [-0.15, -0.1) is 0 Å². The quantitative estimate of drug-likeness (QED) is 0.694. The lowest BCUT2D eigenvalue weighted by atomic mass is 10.2. The minimum absolute atomic E-state index is 0.201. The number of ketones is 1. The Balaban J connectivity index is 2.33.